The van der Waals surface area contributed by atoms with Crippen LogP contribution in [-0.4, -0.2) is 7.11 Å². The molecule has 5 aromatic rings. The second-order valence-electron chi connectivity index (χ2n) is 7.83. The van der Waals surface area contributed by atoms with Crippen molar-refractivity contribution in [2.24, 2.45) is 0 Å². The summed E-state index contributed by atoms with van der Waals surface area (Å²) in [7, 11) is 1.71. The minimum absolute atomic E-state index is 0.138. The van der Waals surface area contributed by atoms with Crippen molar-refractivity contribution in [1.82, 2.24) is 0 Å². The topological polar surface area (TPSA) is 21.3 Å². The molecule has 0 spiro atoms. The Hall–Kier alpha value is -3.78. The largest absolute Gasteiger partial charge is 0.497 e. The van der Waals surface area contributed by atoms with E-state index in [0.29, 0.717) is 0 Å². The Morgan fingerprint density at radius 2 is 1.13 bits per heavy atom. The van der Waals surface area contributed by atoms with Gasteiger partial charge in [-0.1, -0.05) is 72.8 Å². The second-order valence-corrected chi connectivity index (χ2v) is 7.83. The quantitative estimate of drug-likeness (QED) is 0.338. The van der Waals surface area contributed by atoms with Gasteiger partial charge < -0.3 is 10.1 Å². The lowest BCUT2D eigenvalue weighted by molar-refractivity contribution is 0.414. The van der Waals surface area contributed by atoms with Crippen molar-refractivity contribution in [3.8, 4) is 5.75 Å². The van der Waals surface area contributed by atoms with Gasteiger partial charge in [0.2, 0.25) is 0 Å². The maximum absolute atomic E-state index is 5.42. The maximum atomic E-state index is 5.42. The molecule has 0 atom stereocenters. The summed E-state index contributed by atoms with van der Waals surface area (Å²) in [6.45, 7) is 0. The third-order valence-electron chi connectivity index (χ3n) is 6.24. The number of nitrogens with one attached hydrogen (secondary N) is 1. The molecule has 0 bridgehead atoms. The van der Waals surface area contributed by atoms with Crippen molar-refractivity contribution in [1.29, 1.82) is 0 Å². The van der Waals surface area contributed by atoms with Crippen molar-refractivity contribution >= 4 is 32.9 Å². The van der Waals surface area contributed by atoms with Crippen molar-refractivity contribution < 1.29 is 4.74 Å². The Kier molecular flexibility index (Phi) is 3.78. The van der Waals surface area contributed by atoms with Crippen LogP contribution in [0.3, 0.4) is 0 Å². The predicted molar refractivity (Wildman–Crippen MR) is 125 cm³/mol. The van der Waals surface area contributed by atoms with Gasteiger partial charge in [0.15, 0.2) is 0 Å². The molecule has 1 heterocycles. The molecule has 1 aliphatic rings. The smallest absolute Gasteiger partial charge is 0.118 e. The zero-order valence-corrected chi connectivity index (χ0v) is 16.7. The van der Waals surface area contributed by atoms with Gasteiger partial charge in [-0.15, -0.1) is 0 Å². The summed E-state index contributed by atoms with van der Waals surface area (Å²) in [5, 5.41) is 8.84. The zero-order valence-electron chi connectivity index (χ0n) is 16.7. The van der Waals surface area contributed by atoms with Gasteiger partial charge in [0, 0.05) is 17.3 Å². The van der Waals surface area contributed by atoms with E-state index in [-0.39, 0.29) is 5.92 Å². The fraction of sp³-hybridized carbons (Fsp3) is 0.0714. The molecule has 5 aromatic carbocycles. The molecule has 1 aliphatic heterocycles. The van der Waals surface area contributed by atoms with Crippen LogP contribution in [0.4, 0.5) is 11.4 Å². The molecular formula is C28H21NO. The lowest BCUT2D eigenvalue weighted by Crippen LogP contribution is -2.15. The Labute approximate surface area is 175 Å². The van der Waals surface area contributed by atoms with E-state index < -0.39 is 0 Å². The first kappa shape index (κ1) is 17.1. The Morgan fingerprint density at radius 3 is 1.67 bits per heavy atom. The molecule has 30 heavy (non-hydrogen) atoms. The standard InChI is InChI=1S/C28H21NO/c1-30-21-14-10-20(11-15-21)26-27-22-8-4-2-6-18(22)12-16-24(27)29-25-17-13-19-7-3-5-9-23(19)28(25)26/h2-17,26,29H,1H3. The number of anilines is 2. The molecule has 2 heteroatoms. The molecule has 0 fully saturated rings. The molecule has 0 radical (unpaired) electrons. The third-order valence-corrected chi connectivity index (χ3v) is 6.24. The molecular weight excluding hydrogens is 366 g/mol. The summed E-state index contributed by atoms with van der Waals surface area (Å²) in [5.41, 5.74) is 6.30. The summed E-state index contributed by atoms with van der Waals surface area (Å²) < 4.78 is 5.42. The molecule has 0 amide bonds. The minimum atomic E-state index is 0.138. The van der Waals surface area contributed by atoms with Gasteiger partial charge in [-0.05, 0) is 62.5 Å². The van der Waals surface area contributed by atoms with E-state index in [1.54, 1.807) is 7.11 Å². The summed E-state index contributed by atoms with van der Waals surface area (Å²) >= 11 is 0. The first-order chi connectivity index (χ1) is 14.8. The zero-order chi connectivity index (χ0) is 20.1. The highest BCUT2D eigenvalue weighted by molar-refractivity contribution is 6.00. The van der Waals surface area contributed by atoms with Crippen molar-refractivity contribution in [2.45, 2.75) is 5.92 Å². The number of methoxy groups -OCH3 is 1. The summed E-state index contributed by atoms with van der Waals surface area (Å²) in [5.74, 6) is 1.02. The highest BCUT2D eigenvalue weighted by Gasteiger charge is 2.30. The fourth-order valence-corrected chi connectivity index (χ4v) is 4.85. The van der Waals surface area contributed by atoms with E-state index in [9.17, 15) is 0 Å². The molecule has 0 aromatic heterocycles. The Bertz CT molecular complexity index is 1320. The van der Waals surface area contributed by atoms with E-state index in [1.807, 2.05) is 0 Å². The summed E-state index contributed by atoms with van der Waals surface area (Å²) in [6.07, 6.45) is 0. The van der Waals surface area contributed by atoms with Crippen LogP contribution in [0.5, 0.6) is 5.75 Å². The number of rotatable bonds is 2. The van der Waals surface area contributed by atoms with Crippen molar-refractivity contribution in [3.63, 3.8) is 0 Å². The van der Waals surface area contributed by atoms with Crippen LogP contribution in [0, 0.1) is 0 Å². The van der Waals surface area contributed by atoms with Crippen LogP contribution in [0.15, 0.2) is 97.1 Å². The van der Waals surface area contributed by atoms with E-state index in [0.717, 1.165) is 5.75 Å². The fourth-order valence-electron chi connectivity index (χ4n) is 4.85. The summed E-state index contributed by atoms with van der Waals surface area (Å²) in [4.78, 5) is 0. The molecule has 0 saturated carbocycles. The molecule has 0 aliphatic carbocycles. The monoisotopic (exact) mass is 387 g/mol. The lowest BCUT2D eigenvalue weighted by atomic mass is 9.77. The van der Waals surface area contributed by atoms with Crippen LogP contribution in [-0.2, 0) is 0 Å². The lowest BCUT2D eigenvalue weighted by Gasteiger charge is -2.32. The van der Waals surface area contributed by atoms with Gasteiger partial charge >= 0.3 is 0 Å². The van der Waals surface area contributed by atoms with E-state index in [1.165, 1.54) is 49.6 Å². The minimum Gasteiger partial charge on any atom is -0.497 e. The van der Waals surface area contributed by atoms with Gasteiger partial charge in [-0.2, -0.15) is 0 Å². The first-order valence-electron chi connectivity index (χ1n) is 10.3. The molecule has 144 valence electrons. The van der Waals surface area contributed by atoms with E-state index in [4.69, 9.17) is 4.74 Å². The predicted octanol–water partition coefficient (Wildman–Crippen LogP) is 7.24. The highest BCUT2D eigenvalue weighted by atomic mass is 16.5. The van der Waals surface area contributed by atoms with Gasteiger partial charge in [-0.3, -0.25) is 0 Å². The number of benzene rings is 5. The van der Waals surface area contributed by atoms with Crippen LogP contribution in [0.25, 0.3) is 21.5 Å². The third kappa shape index (κ3) is 2.50. The number of fused-ring (bicyclic) bond motifs is 6. The van der Waals surface area contributed by atoms with E-state index >= 15 is 0 Å². The molecule has 0 unspecified atom stereocenters. The average Bonchev–Trinajstić information content (AvgIpc) is 2.82. The van der Waals surface area contributed by atoms with Gasteiger partial charge in [0.25, 0.3) is 0 Å². The van der Waals surface area contributed by atoms with Crippen LogP contribution >= 0.6 is 0 Å². The second kappa shape index (κ2) is 6.64. The van der Waals surface area contributed by atoms with Gasteiger partial charge in [0.05, 0.1) is 7.11 Å². The average molecular weight is 387 g/mol. The maximum Gasteiger partial charge on any atom is 0.118 e. The molecule has 2 nitrogen and oxygen atoms in total. The van der Waals surface area contributed by atoms with Gasteiger partial charge in [0.1, 0.15) is 5.75 Å². The van der Waals surface area contributed by atoms with Crippen LogP contribution in [0.1, 0.15) is 22.6 Å². The summed E-state index contributed by atoms with van der Waals surface area (Å²) in [6, 6.07) is 34.7. The molecule has 6 rings (SSSR count). The van der Waals surface area contributed by atoms with Crippen molar-refractivity contribution in [3.05, 3.63) is 114 Å². The number of hydrogen-bond acceptors (Lipinski definition) is 2. The van der Waals surface area contributed by atoms with Crippen molar-refractivity contribution in [2.75, 3.05) is 12.4 Å². The normalized spacial score (nSPS) is 13.0. The Morgan fingerprint density at radius 1 is 0.600 bits per heavy atom. The molecule has 0 saturated heterocycles. The van der Waals surface area contributed by atoms with Crippen LogP contribution in [0.2, 0.25) is 0 Å². The van der Waals surface area contributed by atoms with E-state index in [2.05, 4.69) is 102 Å². The first-order valence-corrected chi connectivity index (χ1v) is 10.3. The Balaban J connectivity index is 1.72. The van der Waals surface area contributed by atoms with Crippen LogP contribution < -0.4 is 10.1 Å². The SMILES string of the molecule is COc1ccc(C2c3c(ccc4ccccc34)Nc3ccc4ccccc4c32)cc1. The van der Waals surface area contributed by atoms with Gasteiger partial charge in [-0.25, -0.2) is 0 Å². The highest BCUT2D eigenvalue weighted by Crippen LogP contribution is 2.50. The number of hydrogen-bond donors (Lipinski definition) is 1. The molecule has 1 N–H and O–H groups in total. The number of ether oxygens (including phenoxy) is 1.